The summed E-state index contributed by atoms with van der Waals surface area (Å²) in [5.41, 5.74) is 16.6. The Morgan fingerprint density at radius 1 is 0.688 bits per heavy atom. The highest BCUT2D eigenvalue weighted by molar-refractivity contribution is 6.09. The number of rotatable bonds is 4. The van der Waals surface area contributed by atoms with Crippen LogP contribution in [0.5, 0.6) is 0 Å². The van der Waals surface area contributed by atoms with Gasteiger partial charge >= 0.3 is 0 Å². The normalized spacial score (nSPS) is 13.9. The van der Waals surface area contributed by atoms with Crippen LogP contribution in [0.4, 0.5) is 28.6 Å². The molecule has 0 unspecified atom stereocenters. The van der Waals surface area contributed by atoms with Gasteiger partial charge in [-0.2, -0.15) is 0 Å². The van der Waals surface area contributed by atoms with Gasteiger partial charge in [0.15, 0.2) is 0 Å². The summed E-state index contributed by atoms with van der Waals surface area (Å²) >= 11 is 0. The third-order valence-electron chi connectivity index (χ3n) is 5.91. The van der Waals surface area contributed by atoms with E-state index in [0.717, 1.165) is 64.0 Å². The van der Waals surface area contributed by atoms with Crippen molar-refractivity contribution in [2.45, 2.75) is 12.8 Å². The predicted molar refractivity (Wildman–Crippen MR) is 131 cm³/mol. The topological polar surface area (TPSA) is 75.7 Å². The van der Waals surface area contributed by atoms with Crippen LogP contribution in [0.1, 0.15) is 22.3 Å². The van der Waals surface area contributed by atoms with E-state index in [1.165, 1.54) is 11.1 Å². The lowest BCUT2D eigenvalue weighted by Gasteiger charge is -2.06. The molecule has 3 N–H and O–H groups in total. The van der Waals surface area contributed by atoms with Crippen LogP contribution >= 0.6 is 0 Å². The van der Waals surface area contributed by atoms with Gasteiger partial charge < -0.3 is 11.1 Å². The summed E-state index contributed by atoms with van der Waals surface area (Å²) < 4.78 is 0. The highest BCUT2D eigenvalue weighted by atomic mass is 15.0. The molecule has 1 aromatic heterocycles. The van der Waals surface area contributed by atoms with Crippen LogP contribution in [0.3, 0.4) is 0 Å². The Bertz CT molecular complexity index is 1390. The van der Waals surface area contributed by atoms with Crippen molar-refractivity contribution in [1.82, 2.24) is 4.98 Å². The minimum absolute atomic E-state index is 0.751. The number of fused-ring (bicyclic) bond motifs is 2. The lowest BCUT2D eigenvalue weighted by molar-refractivity contribution is 1.30. The van der Waals surface area contributed by atoms with Crippen LogP contribution in [0.15, 0.2) is 95.0 Å². The molecule has 0 atom stereocenters. The summed E-state index contributed by atoms with van der Waals surface area (Å²) in [5, 5.41) is 3.34. The Hall–Kier alpha value is -4.25. The van der Waals surface area contributed by atoms with Gasteiger partial charge in [0.05, 0.1) is 22.8 Å². The van der Waals surface area contributed by atoms with Crippen molar-refractivity contribution in [2.24, 2.45) is 9.98 Å². The molecule has 0 fully saturated rings. The van der Waals surface area contributed by atoms with E-state index < -0.39 is 0 Å². The average molecular weight is 416 g/mol. The third kappa shape index (κ3) is 3.44. The second kappa shape index (κ2) is 7.46. The smallest absolute Gasteiger partial charge is 0.130 e. The fourth-order valence-corrected chi connectivity index (χ4v) is 4.23. The molecule has 2 aliphatic heterocycles. The fraction of sp³-hybridized carbons (Fsp3) is 0.0741. The van der Waals surface area contributed by atoms with Crippen LogP contribution in [-0.4, -0.2) is 16.4 Å². The van der Waals surface area contributed by atoms with Crippen LogP contribution < -0.4 is 11.1 Å². The first-order valence-electron chi connectivity index (χ1n) is 10.7. The van der Waals surface area contributed by atoms with Crippen molar-refractivity contribution in [1.29, 1.82) is 0 Å². The number of nitrogens with zero attached hydrogens (tertiary/aromatic N) is 3. The highest BCUT2D eigenvalue weighted by Crippen LogP contribution is 2.33. The second-order valence-electron chi connectivity index (χ2n) is 8.12. The zero-order valence-electron chi connectivity index (χ0n) is 17.4. The standard InChI is InChI=1S/C27H21N5/c28-21-10-8-19-13-23(31-25(19)15-21)17-4-6-18(7-5-17)24-14-20-9-11-22(16-26(20)32-24)30-27-3-1-2-12-29-27/h1-12,15-16H,13-14,28H2,(H,29,30). The number of benzene rings is 3. The highest BCUT2D eigenvalue weighted by Gasteiger charge is 2.19. The van der Waals surface area contributed by atoms with Crippen molar-refractivity contribution in [3.63, 3.8) is 0 Å². The number of nitrogen functional groups attached to an aromatic ring is 1. The van der Waals surface area contributed by atoms with Crippen molar-refractivity contribution in [3.8, 4) is 0 Å². The Labute approximate surface area is 186 Å². The molecule has 2 aliphatic rings. The fourth-order valence-electron chi connectivity index (χ4n) is 4.23. The molecule has 6 rings (SSSR count). The molecule has 0 saturated carbocycles. The van der Waals surface area contributed by atoms with Gasteiger partial charge in [0.25, 0.3) is 0 Å². The van der Waals surface area contributed by atoms with Gasteiger partial charge in [-0.15, -0.1) is 0 Å². The second-order valence-corrected chi connectivity index (χ2v) is 8.12. The Morgan fingerprint density at radius 3 is 2.00 bits per heavy atom. The summed E-state index contributed by atoms with van der Waals surface area (Å²) in [4.78, 5) is 14.0. The predicted octanol–water partition coefficient (Wildman–Crippen LogP) is 5.76. The first-order valence-corrected chi connectivity index (χ1v) is 10.7. The van der Waals surface area contributed by atoms with Crippen molar-refractivity contribution < 1.29 is 0 Å². The number of aliphatic imine (C=N–C) groups is 2. The lowest BCUT2D eigenvalue weighted by Crippen LogP contribution is -2.03. The van der Waals surface area contributed by atoms with E-state index in [9.17, 15) is 0 Å². The summed E-state index contributed by atoms with van der Waals surface area (Å²) in [6.45, 7) is 0. The molecule has 3 heterocycles. The lowest BCUT2D eigenvalue weighted by atomic mass is 9.99. The summed E-state index contributed by atoms with van der Waals surface area (Å²) in [6.07, 6.45) is 3.46. The van der Waals surface area contributed by atoms with E-state index in [4.69, 9.17) is 15.7 Å². The number of aromatic nitrogens is 1. The van der Waals surface area contributed by atoms with E-state index in [1.54, 1.807) is 6.20 Å². The molecule has 5 nitrogen and oxygen atoms in total. The van der Waals surface area contributed by atoms with Crippen LogP contribution in [0.2, 0.25) is 0 Å². The van der Waals surface area contributed by atoms with Crippen molar-refractivity contribution in [3.05, 3.63) is 107 Å². The van der Waals surface area contributed by atoms with Crippen LogP contribution in [0.25, 0.3) is 0 Å². The maximum absolute atomic E-state index is 5.90. The van der Waals surface area contributed by atoms with Gasteiger partial charge in [-0.3, -0.25) is 9.98 Å². The molecule has 0 amide bonds. The number of anilines is 3. The SMILES string of the molecule is Nc1ccc2c(c1)N=C(c1ccc(C3=Nc4cc(Nc5ccccn5)ccc4C3)cc1)C2. The Kier molecular flexibility index (Phi) is 4.32. The molecule has 154 valence electrons. The molecule has 0 aliphatic carbocycles. The van der Waals surface area contributed by atoms with E-state index >= 15 is 0 Å². The van der Waals surface area contributed by atoms with Crippen LogP contribution in [0, 0.1) is 0 Å². The first kappa shape index (κ1) is 18.5. The van der Waals surface area contributed by atoms with Gasteiger partial charge in [0.1, 0.15) is 5.82 Å². The minimum Gasteiger partial charge on any atom is -0.399 e. The van der Waals surface area contributed by atoms with E-state index in [0.29, 0.717) is 0 Å². The van der Waals surface area contributed by atoms with Gasteiger partial charge in [-0.25, -0.2) is 4.98 Å². The molecule has 0 saturated heterocycles. The van der Waals surface area contributed by atoms with E-state index in [-0.39, 0.29) is 0 Å². The zero-order valence-corrected chi connectivity index (χ0v) is 17.4. The monoisotopic (exact) mass is 415 g/mol. The number of nitrogens with one attached hydrogen (secondary N) is 1. The molecular formula is C27H21N5. The summed E-state index contributed by atoms with van der Waals surface area (Å²) in [5.74, 6) is 0.824. The third-order valence-corrected chi connectivity index (χ3v) is 5.91. The molecule has 5 heteroatoms. The van der Waals surface area contributed by atoms with E-state index in [1.807, 2.05) is 30.3 Å². The van der Waals surface area contributed by atoms with Crippen LogP contribution in [-0.2, 0) is 12.8 Å². The molecule has 0 radical (unpaired) electrons. The number of nitrogens with two attached hydrogens (primary N) is 1. The maximum atomic E-state index is 5.90. The molecule has 32 heavy (non-hydrogen) atoms. The molecule has 0 spiro atoms. The molecule has 3 aromatic carbocycles. The number of hydrogen-bond donors (Lipinski definition) is 2. The quantitative estimate of drug-likeness (QED) is 0.416. The Balaban J connectivity index is 1.21. The summed E-state index contributed by atoms with van der Waals surface area (Å²) in [6, 6.07) is 26.7. The molecule has 4 aromatic rings. The average Bonchev–Trinajstić information content (AvgIpc) is 3.43. The largest absolute Gasteiger partial charge is 0.399 e. The van der Waals surface area contributed by atoms with Gasteiger partial charge in [-0.05, 0) is 58.7 Å². The van der Waals surface area contributed by atoms with Gasteiger partial charge in [0, 0.05) is 30.4 Å². The van der Waals surface area contributed by atoms with Crippen molar-refractivity contribution in [2.75, 3.05) is 11.1 Å². The van der Waals surface area contributed by atoms with Crippen molar-refractivity contribution >= 4 is 40.0 Å². The number of pyridine rings is 1. The maximum Gasteiger partial charge on any atom is 0.130 e. The first-order chi connectivity index (χ1) is 15.7. The zero-order chi connectivity index (χ0) is 21.5. The van der Waals surface area contributed by atoms with Gasteiger partial charge in [-0.1, -0.05) is 42.5 Å². The van der Waals surface area contributed by atoms with E-state index in [2.05, 4.69) is 58.8 Å². The summed E-state index contributed by atoms with van der Waals surface area (Å²) in [7, 11) is 0. The number of hydrogen-bond acceptors (Lipinski definition) is 5. The molecular weight excluding hydrogens is 394 g/mol. The Morgan fingerprint density at radius 2 is 1.34 bits per heavy atom. The van der Waals surface area contributed by atoms with Gasteiger partial charge in [0.2, 0.25) is 0 Å². The minimum atomic E-state index is 0.751. The molecule has 0 bridgehead atoms.